The summed E-state index contributed by atoms with van der Waals surface area (Å²) in [6, 6.07) is 4.01. The summed E-state index contributed by atoms with van der Waals surface area (Å²) in [7, 11) is 3.70. The van der Waals surface area contributed by atoms with Crippen molar-refractivity contribution in [2.24, 2.45) is 0 Å². The molecular formula is C14H23N3O2. The third-order valence-electron chi connectivity index (χ3n) is 3.55. The Kier molecular flexibility index (Phi) is 5.92. The fourth-order valence-corrected chi connectivity index (χ4v) is 1.73. The number of carbonyl (C=O) groups is 1. The molecule has 0 radical (unpaired) electrons. The van der Waals surface area contributed by atoms with Gasteiger partial charge in [0.05, 0.1) is 0 Å². The molecule has 0 fully saturated rings. The van der Waals surface area contributed by atoms with E-state index >= 15 is 0 Å². The van der Waals surface area contributed by atoms with Crippen LogP contribution in [0.2, 0.25) is 0 Å². The van der Waals surface area contributed by atoms with Crippen molar-refractivity contribution in [2.45, 2.75) is 25.3 Å². The van der Waals surface area contributed by atoms with Gasteiger partial charge in [-0.3, -0.25) is 9.78 Å². The van der Waals surface area contributed by atoms with Crippen molar-refractivity contribution in [1.29, 1.82) is 0 Å². The van der Waals surface area contributed by atoms with Crippen LogP contribution < -0.4 is 5.32 Å². The molecular weight excluding hydrogens is 242 g/mol. The summed E-state index contributed by atoms with van der Waals surface area (Å²) in [4.78, 5) is 17.3. The topological polar surface area (TPSA) is 65.5 Å². The molecule has 2 N–H and O–H groups in total. The predicted molar refractivity (Wildman–Crippen MR) is 75.2 cm³/mol. The lowest BCUT2D eigenvalue weighted by molar-refractivity contribution is -0.144. The minimum Gasteiger partial charge on any atom is -0.480 e. The molecule has 1 aromatic rings. The summed E-state index contributed by atoms with van der Waals surface area (Å²) < 4.78 is 0. The summed E-state index contributed by atoms with van der Waals surface area (Å²) >= 11 is 0. The number of aromatic nitrogens is 1. The van der Waals surface area contributed by atoms with Gasteiger partial charge in [-0.2, -0.15) is 0 Å². The summed E-state index contributed by atoms with van der Waals surface area (Å²) in [6.45, 7) is 3.37. The molecule has 1 aromatic heterocycles. The Labute approximate surface area is 114 Å². The van der Waals surface area contributed by atoms with Crippen molar-refractivity contribution in [3.63, 3.8) is 0 Å². The lowest BCUT2D eigenvalue weighted by Gasteiger charge is -2.27. The number of nitrogens with zero attached hydrogens (tertiary/aromatic N) is 2. The molecule has 0 aliphatic heterocycles. The molecule has 1 rings (SSSR count). The second-order valence-corrected chi connectivity index (χ2v) is 5.05. The molecule has 19 heavy (non-hydrogen) atoms. The van der Waals surface area contributed by atoms with E-state index in [0.717, 1.165) is 19.5 Å². The highest BCUT2D eigenvalue weighted by Gasteiger charge is 2.30. The molecule has 0 saturated heterocycles. The van der Waals surface area contributed by atoms with Crippen LogP contribution in [0.4, 0.5) is 0 Å². The molecule has 0 aliphatic carbocycles. The van der Waals surface area contributed by atoms with Crippen LogP contribution in [0.3, 0.4) is 0 Å². The van der Waals surface area contributed by atoms with Gasteiger partial charge in [0.15, 0.2) is 0 Å². The van der Waals surface area contributed by atoms with E-state index in [-0.39, 0.29) is 0 Å². The molecule has 5 heteroatoms. The Hall–Kier alpha value is -1.46. The predicted octanol–water partition coefficient (Wildman–Crippen LogP) is 1.01. The average Bonchev–Trinajstić information content (AvgIpc) is 2.43. The molecule has 1 heterocycles. The van der Waals surface area contributed by atoms with Gasteiger partial charge in [-0.15, -0.1) is 0 Å². The van der Waals surface area contributed by atoms with Crippen molar-refractivity contribution in [2.75, 3.05) is 27.2 Å². The number of pyridine rings is 1. The second kappa shape index (κ2) is 7.21. The number of likely N-dealkylation sites (N-methyl/N-ethyl adjacent to an activating group) is 2. The van der Waals surface area contributed by atoms with Gasteiger partial charge in [0.2, 0.25) is 0 Å². The maximum absolute atomic E-state index is 11.2. The molecule has 5 nitrogen and oxygen atoms in total. The van der Waals surface area contributed by atoms with Crippen molar-refractivity contribution in [1.82, 2.24) is 15.2 Å². The van der Waals surface area contributed by atoms with Gasteiger partial charge in [0, 0.05) is 25.5 Å². The number of carboxylic acid groups (broad SMARTS) is 1. The van der Waals surface area contributed by atoms with Crippen LogP contribution >= 0.6 is 0 Å². The first-order valence-electron chi connectivity index (χ1n) is 6.47. The summed E-state index contributed by atoms with van der Waals surface area (Å²) in [5.41, 5.74) is 0.391. The number of nitrogens with one attached hydrogen (secondary N) is 1. The highest BCUT2D eigenvalue weighted by Crippen LogP contribution is 2.10. The Morgan fingerprint density at radius 2 is 2.05 bits per heavy atom. The minimum atomic E-state index is -0.856. The van der Waals surface area contributed by atoms with E-state index in [1.165, 1.54) is 5.56 Å². The third-order valence-corrected chi connectivity index (χ3v) is 3.55. The van der Waals surface area contributed by atoms with Crippen molar-refractivity contribution >= 4 is 5.97 Å². The Morgan fingerprint density at radius 1 is 1.42 bits per heavy atom. The third kappa shape index (κ3) is 4.96. The second-order valence-electron chi connectivity index (χ2n) is 5.05. The summed E-state index contributed by atoms with van der Waals surface area (Å²) in [5, 5.41) is 12.0. The highest BCUT2D eigenvalue weighted by atomic mass is 16.4. The molecule has 0 amide bonds. The molecule has 0 aromatic carbocycles. The number of hydrogen-bond acceptors (Lipinski definition) is 4. The smallest absolute Gasteiger partial charge is 0.323 e. The standard InChI is InChI=1S/C14H23N3O2/c1-14(15-2,13(18)19)7-11-17(3)10-6-12-4-8-16-9-5-12/h4-5,8-9,15H,6-7,10-11H2,1-3H3,(H,18,19). The van der Waals surface area contributed by atoms with E-state index in [4.69, 9.17) is 5.11 Å². The zero-order valence-corrected chi connectivity index (χ0v) is 11.9. The quantitative estimate of drug-likeness (QED) is 0.734. The molecule has 1 unspecified atom stereocenters. The van der Waals surface area contributed by atoms with E-state index in [2.05, 4.69) is 15.2 Å². The van der Waals surface area contributed by atoms with Gasteiger partial charge in [0.1, 0.15) is 5.54 Å². The maximum atomic E-state index is 11.2. The van der Waals surface area contributed by atoms with Gasteiger partial charge in [-0.05, 0) is 51.6 Å². The molecule has 106 valence electrons. The number of rotatable bonds is 8. The Morgan fingerprint density at radius 3 is 2.58 bits per heavy atom. The zero-order valence-electron chi connectivity index (χ0n) is 11.9. The Bertz CT molecular complexity index is 397. The van der Waals surface area contributed by atoms with E-state index in [9.17, 15) is 4.79 Å². The molecule has 1 atom stereocenters. The van der Waals surface area contributed by atoms with Crippen LogP contribution in [0.1, 0.15) is 18.9 Å². The van der Waals surface area contributed by atoms with Crippen LogP contribution in [0.25, 0.3) is 0 Å². The number of carboxylic acids is 1. The van der Waals surface area contributed by atoms with Crippen LogP contribution in [-0.4, -0.2) is 53.7 Å². The fourth-order valence-electron chi connectivity index (χ4n) is 1.73. The van der Waals surface area contributed by atoms with Crippen LogP contribution in [-0.2, 0) is 11.2 Å². The number of aliphatic carboxylic acids is 1. The first-order valence-corrected chi connectivity index (χ1v) is 6.47. The summed E-state index contributed by atoms with van der Waals surface area (Å²) in [6.07, 6.45) is 5.10. The van der Waals surface area contributed by atoms with Crippen molar-refractivity contribution in [3.05, 3.63) is 30.1 Å². The van der Waals surface area contributed by atoms with E-state index < -0.39 is 11.5 Å². The lowest BCUT2D eigenvalue weighted by Crippen LogP contribution is -2.49. The maximum Gasteiger partial charge on any atom is 0.323 e. The largest absolute Gasteiger partial charge is 0.480 e. The van der Waals surface area contributed by atoms with Crippen molar-refractivity contribution in [3.8, 4) is 0 Å². The van der Waals surface area contributed by atoms with Gasteiger partial charge in [-0.25, -0.2) is 0 Å². The monoisotopic (exact) mass is 265 g/mol. The molecule has 0 spiro atoms. The first kappa shape index (κ1) is 15.6. The SMILES string of the molecule is CNC(C)(CCN(C)CCc1ccncc1)C(=O)O. The number of hydrogen-bond donors (Lipinski definition) is 2. The van der Waals surface area contributed by atoms with Crippen LogP contribution in [0, 0.1) is 0 Å². The summed E-state index contributed by atoms with van der Waals surface area (Å²) in [5.74, 6) is -0.808. The molecule has 0 saturated carbocycles. The van der Waals surface area contributed by atoms with Gasteiger partial charge >= 0.3 is 5.97 Å². The normalized spacial score (nSPS) is 14.3. The van der Waals surface area contributed by atoms with Gasteiger partial charge in [0.25, 0.3) is 0 Å². The fraction of sp³-hybridized carbons (Fsp3) is 0.571. The van der Waals surface area contributed by atoms with E-state index in [0.29, 0.717) is 6.42 Å². The van der Waals surface area contributed by atoms with E-state index in [1.807, 2.05) is 19.2 Å². The zero-order chi connectivity index (χ0) is 14.3. The van der Waals surface area contributed by atoms with E-state index in [1.54, 1.807) is 26.4 Å². The van der Waals surface area contributed by atoms with Crippen molar-refractivity contribution < 1.29 is 9.90 Å². The minimum absolute atomic E-state index is 0.575. The lowest BCUT2D eigenvalue weighted by atomic mass is 9.98. The highest BCUT2D eigenvalue weighted by molar-refractivity contribution is 5.78. The van der Waals surface area contributed by atoms with Gasteiger partial charge in [-0.1, -0.05) is 0 Å². The van der Waals surface area contributed by atoms with Crippen LogP contribution in [0.5, 0.6) is 0 Å². The molecule has 0 aliphatic rings. The van der Waals surface area contributed by atoms with Crippen LogP contribution in [0.15, 0.2) is 24.5 Å². The Balaban J connectivity index is 2.35. The average molecular weight is 265 g/mol. The van der Waals surface area contributed by atoms with Gasteiger partial charge < -0.3 is 15.3 Å². The first-order chi connectivity index (χ1) is 8.98. The molecule has 0 bridgehead atoms.